The summed E-state index contributed by atoms with van der Waals surface area (Å²) in [6.45, 7) is 4.49. The van der Waals surface area contributed by atoms with Crippen LogP contribution in [0.4, 0.5) is 0 Å². The summed E-state index contributed by atoms with van der Waals surface area (Å²) in [6.07, 6.45) is 2.12. The molecule has 0 bridgehead atoms. The topological polar surface area (TPSA) is 0 Å². The van der Waals surface area contributed by atoms with Crippen LogP contribution >= 0.6 is 23.1 Å². The molecule has 2 aromatic rings. The molecule has 2 heteroatoms. The van der Waals surface area contributed by atoms with Gasteiger partial charge in [-0.05, 0) is 42.0 Å². The van der Waals surface area contributed by atoms with Crippen LogP contribution in [0, 0.1) is 0 Å². The summed E-state index contributed by atoms with van der Waals surface area (Å²) in [4.78, 5) is 4.17. The van der Waals surface area contributed by atoms with Crippen molar-refractivity contribution in [3.8, 4) is 10.4 Å². The molecule has 0 amide bonds. The van der Waals surface area contributed by atoms with E-state index in [1.165, 1.54) is 20.2 Å². The fourth-order valence-corrected chi connectivity index (χ4v) is 3.06. The molecule has 84 valence electrons. The van der Waals surface area contributed by atoms with Gasteiger partial charge in [-0.3, -0.25) is 0 Å². The molecule has 1 aromatic heterocycles. The molecule has 1 heterocycles. The fourth-order valence-electron chi connectivity index (χ4n) is 1.59. The lowest BCUT2D eigenvalue weighted by molar-refractivity contribution is 0.890. The minimum Gasteiger partial charge on any atom is -0.140 e. The van der Waals surface area contributed by atoms with Crippen LogP contribution in [0.1, 0.15) is 24.6 Å². The first-order chi connectivity index (χ1) is 7.70. The number of hydrogen-bond acceptors (Lipinski definition) is 2. The Balaban J connectivity index is 2.34. The molecule has 0 fully saturated rings. The first-order valence-electron chi connectivity index (χ1n) is 5.45. The molecule has 0 atom stereocenters. The summed E-state index contributed by atoms with van der Waals surface area (Å²) in [5.74, 6) is 0.627. The number of rotatable bonds is 3. The lowest BCUT2D eigenvalue weighted by Crippen LogP contribution is -1.77. The van der Waals surface area contributed by atoms with E-state index in [0.717, 1.165) is 0 Å². The monoisotopic (exact) mass is 248 g/mol. The summed E-state index contributed by atoms with van der Waals surface area (Å²) in [5, 5.41) is 0. The Bertz CT molecular complexity index is 469. The van der Waals surface area contributed by atoms with Crippen LogP contribution in [0.5, 0.6) is 0 Å². The van der Waals surface area contributed by atoms with Crippen molar-refractivity contribution >= 4 is 23.1 Å². The Morgan fingerprint density at radius 2 is 1.94 bits per heavy atom. The molecule has 0 unspecified atom stereocenters. The van der Waals surface area contributed by atoms with Gasteiger partial charge in [0.2, 0.25) is 0 Å². The summed E-state index contributed by atoms with van der Waals surface area (Å²) in [6, 6.07) is 13.2. The molecule has 16 heavy (non-hydrogen) atoms. The summed E-state index contributed by atoms with van der Waals surface area (Å²) in [7, 11) is 0. The Morgan fingerprint density at radius 1 is 1.12 bits per heavy atom. The second-order valence-corrected chi connectivity index (χ2v) is 6.08. The Morgan fingerprint density at radius 3 is 2.56 bits per heavy atom. The van der Waals surface area contributed by atoms with E-state index in [1.54, 1.807) is 11.8 Å². The summed E-state index contributed by atoms with van der Waals surface area (Å²) < 4.78 is 0. The molecule has 0 aliphatic carbocycles. The van der Waals surface area contributed by atoms with Crippen LogP contribution < -0.4 is 0 Å². The highest BCUT2D eigenvalue weighted by Crippen LogP contribution is 2.33. The van der Waals surface area contributed by atoms with Gasteiger partial charge in [-0.25, -0.2) is 0 Å². The van der Waals surface area contributed by atoms with Crippen molar-refractivity contribution in [3.63, 3.8) is 0 Å². The normalized spacial score (nSPS) is 11.0. The third kappa shape index (κ3) is 2.50. The van der Waals surface area contributed by atoms with Gasteiger partial charge >= 0.3 is 0 Å². The van der Waals surface area contributed by atoms with E-state index < -0.39 is 0 Å². The van der Waals surface area contributed by atoms with Crippen LogP contribution in [-0.4, -0.2) is 6.26 Å². The van der Waals surface area contributed by atoms with Crippen LogP contribution in [0.3, 0.4) is 0 Å². The van der Waals surface area contributed by atoms with E-state index in [9.17, 15) is 0 Å². The van der Waals surface area contributed by atoms with Crippen molar-refractivity contribution in [2.24, 2.45) is 0 Å². The van der Waals surface area contributed by atoms with Crippen molar-refractivity contribution in [1.82, 2.24) is 0 Å². The van der Waals surface area contributed by atoms with Crippen molar-refractivity contribution in [1.29, 1.82) is 0 Å². The van der Waals surface area contributed by atoms with E-state index >= 15 is 0 Å². The van der Waals surface area contributed by atoms with Gasteiger partial charge in [0.25, 0.3) is 0 Å². The molecular formula is C14H16S2. The quantitative estimate of drug-likeness (QED) is 0.668. The molecule has 1 aromatic carbocycles. The maximum Gasteiger partial charge on any atom is 0.0346 e. The van der Waals surface area contributed by atoms with E-state index in [0.29, 0.717) is 5.92 Å². The molecule has 0 N–H and O–H groups in total. The predicted octanol–water partition coefficient (Wildman–Crippen LogP) is 5.26. The van der Waals surface area contributed by atoms with Gasteiger partial charge in [-0.15, -0.1) is 23.1 Å². The molecule has 2 rings (SSSR count). The van der Waals surface area contributed by atoms with Gasteiger partial charge in [0.1, 0.15) is 0 Å². The fraction of sp³-hybridized carbons (Fsp3) is 0.286. The Kier molecular flexibility index (Phi) is 3.72. The van der Waals surface area contributed by atoms with Gasteiger partial charge in [0.05, 0.1) is 0 Å². The minimum atomic E-state index is 0.627. The van der Waals surface area contributed by atoms with Crippen molar-refractivity contribution in [2.75, 3.05) is 6.26 Å². The number of benzene rings is 1. The second kappa shape index (κ2) is 5.07. The lowest BCUT2D eigenvalue weighted by Gasteiger charge is -2.01. The van der Waals surface area contributed by atoms with Crippen molar-refractivity contribution in [2.45, 2.75) is 24.7 Å². The average molecular weight is 248 g/mol. The number of thiophene rings is 1. The molecule has 0 nitrogen and oxygen atoms in total. The summed E-state index contributed by atoms with van der Waals surface area (Å²) >= 11 is 3.70. The highest BCUT2D eigenvalue weighted by atomic mass is 32.2. The van der Waals surface area contributed by atoms with Crippen molar-refractivity contribution < 1.29 is 0 Å². The maximum absolute atomic E-state index is 2.26. The van der Waals surface area contributed by atoms with Gasteiger partial charge < -0.3 is 0 Å². The van der Waals surface area contributed by atoms with E-state index in [1.807, 2.05) is 11.3 Å². The van der Waals surface area contributed by atoms with Crippen LogP contribution in [0.25, 0.3) is 10.4 Å². The Hall–Kier alpha value is -0.730. The zero-order valence-corrected chi connectivity index (χ0v) is 11.5. The Labute approximate surface area is 106 Å². The number of hydrogen-bond donors (Lipinski definition) is 0. The van der Waals surface area contributed by atoms with Crippen LogP contribution in [-0.2, 0) is 0 Å². The molecule has 0 saturated carbocycles. The molecule has 0 radical (unpaired) electrons. The predicted molar refractivity (Wildman–Crippen MR) is 75.6 cm³/mol. The van der Waals surface area contributed by atoms with Gasteiger partial charge in [-0.2, -0.15) is 0 Å². The molecule has 0 aliphatic heterocycles. The first kappa shape index (κ1) is 11.7. The van der Waals surface area contributed by atoms with E-state index in [2.05, 4.69) is 56.5 Å². The highest BCUT2D eigenvalue weighted by Gasteiger charge is 2.05. The first-order valence-corrected chi connectivity index (χ1v) is 7.49. The van der Waals surface area contributed by atoms with Crippen LogP contribution in [0.15, 0.2) is 41.3 Å². The second-order valence-electron chi connectivity index (χ2n) is 4.09. The van der Waals surface area contributed by atoms with Gasteiger partial charge in [0.15, 0.2) is 0 Å². The third-order valence-electron chi connectivity index (χ3n) is 2.55. The molecule has 0 aliphatic rings. The third-order valence-corrected chi connectivity index (χ3v) is 4.71. The largest absolute Gasteiger partial charge is 0.140 e. The van der Waals surface area contributed by atoms with E-state index in [4.69, 9.17) is 0 Å². The van der Waals surface area contributed by atoms with Crippen molar-refractivity contribution in [3.05, 3.63) is 41.3 Å². The molecular weight excluding hydrogens is 232 g/mol. The molecule has 0 spiro atoms. The minimum absolute atomic E-state index is 0.627. The lowest BCUT2D eigenvalue weighted by atomic mass is 10.1. The maximum atomic E-state index is 2.26. The standard InChI is InChI=1S/C14H16S2/c1-10(2)13-7-8-14(16-13)11-5-4-6-12(9-11)15-3/h4-10H,1-3H3. The van der Waals surface area contributed by atoms with Crippen LogP contribution in [0.2, 0.25) is 0 Å². The zero-order chi connectivity index (χ0) is 11.5. The summed E-state index contributed by atoms with van der Waals surface area (Å²) in [5.41, 5.74) is 1.34. The van der Waals surface area contributed by atoms with E-state index in [-0.39, 0.29) is 0 Å². The highest BCUT2D eigenvalue weighted by molar-refractivity contribution is 7.98. The molecule has 0 saturated heterocycles. The zero-order valence-electron chi connectivity index (χ0n) is 9.86. The smallest absolute Gasteiger partial charge is 0.0346 e. The average Bonchev–Trinajstić information content (AvgIpc) is 2.78. The van der Waals surface area contributed by atoms with Gasteiger partial charge in [-0.1, -0.05) is 26.0 Å². The van der Waals surface area contributed by atoms with Gasteiger partial charge in [0, 0.05) is 14.6 Å². The SMILES string of the molecule is CSc1cccc(-c2ccc(C(C)C)s2)c1. The number of thioether (sulfide) groups is 1.